The SMILES string of the molecule is CC(Br)C(=O)c1ccc(F)c(F)c1. The van der Waals surface area contributed by atoms with Gasteiger partial charge in [-0.05, 0) is 25.1 Å². The number of hydrogen-bond donors (Lipinski definition) is 0. The molecule has 0 heterocycles. The van der Waals surface area contributed by atoms with Crippen LogP contribution in [0.1, 0.15) is 17.3 Å². The number of halogens is 3. The molecule has 1 aromatic carbocycles. The highest BCUT2D eigenvalue weighted by Gasteiger charge is 2.13. The largest absolute Gasteiger partial charge is 0.293 e. The fourth-order valence-electron chi connectivity index (χ4n) is 0.879. The molecule has 1 aromatic rings. The quantitative estimate of drug-likeness (QED) is 0.581. The Balaban J connectivity index is 3.04. The summed E-state index contributed by atoms with van der Waals surface area (Å²) in [6.07, 6.45) is 0. The third kappa shape index (κ3) is 2.34. The van der Waals surface area contributed by atoms with E-state index in [1.807, 2.05) is 0 Å². The highest BCUT2D eigenvalue weighted by Crippen LogP contribution is 2.13. The fourth-order valence-corrected chi connectivity index (χ4v) is 1.14. The van der Waals surface area contributed by atoms with Crippen LogP contribution in [0.25, 0.3) is 0 Å². The van der Waals surface area contributed by atoms with E-state index in [1.165, 1.54) is 6.07 Å². The molecule has 4 heteroatoms. The lowest BCUT2D eigenvalue weighted by atomic mass is 10.1. The molecule has 0 aliphatic carbocycles. The maximum Gasteiger partial charge on any atom is 0.176 e. The van der Waals surface area contributed by atoms with E-state index in [1.54, 1.807) is 6.92 Å². The Kier molecular flexibility index (Phi) is 3.14. The number of hydrogen-bond acceptors (Lipinski definition) is 1. The second kappa shape index (κ2) is 3.96. The first-order valence-electron chi connectivity index (χ1n) is 3.65. The van der Waals surface area contributed by atoms with Crippen LogP contribution in [0.2, 0.25) is 0 Å². The summed E-state index contributed by atoms with van der Waals surface area (Å²) in [7, 11) is 0. The number of benzene rings is 1. The normalized spacial score (nSPS) is 12.6. The Hall–Kier alpha value is -0.770. The summed E-state index contributed by atoms with van der Waals surface area (Å²) in [6, 6.07) is 3.10. The Morgan fingerprint density at radius 2 is 2.00 bits per heavy atom. The topological polar surface area (TPSA) is 17.1 Å². The minimum Gasteiger partial charge on any atom is -0.293 e. The molecule has 0 aliphatic rings. The van der Waals surface area contributed by atoms with Crippen molar-refractivity contribution < 1.29 is 13.6 Å². The van der Waals surface area contributed by atoms with Crippen LogP contribution in [0, 0.1) is 11.6 Å². The molecule has 70 valence electrons. The molecule has 13 heavy (non-hydrogen) atoms. The predicted molar refractivity (Wildman–Crippen MR) is 49.1 cm³/mol. The van der Waals surface area contributed by atoms with Gasteiger partial charge in [0.05, 0.1) is 4.83 Å². The number of Topliss-reactive ketones (excluding diaryl/α,β-unsaturated/α-hetero) is 1. The first kappa shape index (κ1) is 10.3. The minimum atomic E-state index is -1.00. The number of carbonyl (C=O) groups excluding carboxylic acids is 1. The molecule has 0 saturated carbocycles. The summed E-state index contributed by atoms with van der Waals surface area (Å²) in [5.74, 6) is -2.21. The zero-order valence-corrected chi connectivity index (χ0v) is 8.44. The van der Waals surface area contributed by atoms with Gasteiger partial charge in [0.15, 0.2) is 17.4 Å². The molecule has 0 saturated heterocycles. The van der Waals surface area contributed by atoms with E-state index in [-0.39, 0.29) is 11.3 Å². The highest BCUT2D eigenvalue weighted by molar-refractivity contribution is 9.10. The van der Waals surface area contributed by atoms with Crippen LogP contribution in [0.3, 0.4) is 0 Å². The van der Waals surface area contributed by atoms with E-state index in [0.29, 0.717) is 0 Å². The lowest BCUT2D eigenvalue weighted by Gasteiger charge is -2.02. The van der Waals surface area contributed by atoms with E-state index in [0.717, 1.165) is 12.1 Å². The molecular formula is C9H7BrF2O. The third-order valence-corrected chi connectivity index (χ3v) is 1.98. The monoisotopic (exact) mass is 248 g/mol. The van der Waals surface area contributed by atoms with Gasteiger partial charge in [0, 0.05) is 5.56 Å². The zero-order chi connectivity index (χ0) is 10.0. The number of ketones is 1. The van der Waals surface area contributed by atoms with Crippen LogP contribution in [0.4, 0.5) is 8.78 Å². The average Bonchev–Trinajstić information content (AvgIpc) is 2.08. The van der Waals surface area contributed by atoms with Crippen molar-refractivity contribution in [2.24, 2.45) is 0 Å². The van der Waals surface area contributed by atoms with Crippen molar-refractivity contribution in [1.29, 1.82) is 0 Å². The molecule has 0 aromatic heterocycles. The summed E-state index contributed by atoms with van der Waals surface area (Å²) in [5, 5.41) is 0. The second-order valence-corrected chi connectivity index (χ2v) is 3.98. The van der Waals surface area contributed by atoms with Gasteiger partial charge in [0.2, 0.25) is 0 Å². The predicted octanol–water partition coefficient (Wildman–Crippen LogP) is 2.93. The standard InChI is InChI=1S/C9H7BrF2O/c1-5(10)9(13)6-2-3-7(11)8(12)4-6/h2-5H,1H3. The third-order valence-electron chi connectivity index (χ3n) is 1.57. The van der Waals surface area contributed by atoms with Gasteiger partial charge in [-0.1, -0.05) is 15.9 Å². The van der Waals surface area contributed by atoms with Crippen LogP contribution >= 0.6 is 15.9 Å². The molecule has 1 rings (SSSR count). The Bertz CT molecular complexity index is 336. The van der Waals surface area contributed by atoms with Gasteiger partial charge < -0.3 is 0 Å². The molecule has 1 unspecified atom stereocenters. The summed E-state index contributed by atoms with van der Waals surface area (Å²) in [6.45, 7) is 1.63. The van der Waals surface area contributed by atoms with Crippen LogP contribution in [-0.4, -0.2) is 10.6 Å². The van der Waals surface area contributed by atoms with E-state index >= 15 is 0 Å². The number of rotatable bonds is 2. The van der Waals surface area contributed by atoms with E-state index in [2.05, 4.69) is 15.9 Å². The molecule has 1 atom stereocenters. The minimum absolute atomic E-state index is 0.170. The number of carbonyl (C=O) groups is 1. The van der Waals surface area contributed by atoms with E-state index in [9.17, 15) is 13.6 Å². The fraction of sp³-hybridized carbons (Fsp3) is 0.222. The van der Waals surface area contributed by atoms with Crippen molar-refractivity contribution in [3.8, 4) is 0 Å². The van der Waals surface area contributed by atoms with Crippen molar-refractivity contribution in [3.05, 3.63) is 35.4 Å². The van der Waals surface area contributed by atoms with Crippen LogP contribution < -0.4 is 0 Å². The number of alkyl halides is 1. The Morgan fingerprint density at radius 1 is 1.38 bits per heavy atom. The van der Waals surface area contributed by atoms with Gasteiger partial charge in [0.25, 0.3) is 0 Å². The average molecular weight is 249 g/mol. The summed E-state index contributed by atoms with van der Waals surface area (Å²) < 4.78 is 25.1. The summed E-state index contributed by atoms with van der Waals surface area (Å²) >= 11 is 3.05. The van der Waals surface area contributed by atoms with Gasteiger partial charge in [0.1, 0.15) is 0 Å². The Morgan fingerprint density at radius 3 is 2.46 bits per heavy atom. The van der Waals surface area contributed by atoms with Crippen molar-refractivity contribution in [1.82, 2.24) is 0 Å². The van der Waals surface area contributed by atoms with Crippen LogP contribution in [0.15, 0.2) is 18.2 Å². The Labute approximate surface area is 82.9 Å². The lowest BCUT2D eigenvalue weighted by Crippen LogP contribution is -2.10. The zero-order valence-electron chi connectivity index (χ0n) is 6.85. The second-order valence-electron chi connectivity index (χ2n) is 2.61. The lowest BCUT2D eigenvalue weighted by molar-refractivity contribution is 0.0995. The van der Waals surface area contributed by atoms with Crippen molar-refractivity contribution >= 4 is 21.7 Å². The van der Waals surface area contributed by atoms with Crippen molar-refractivity contribution in [2.45, 2.75) is 11.8 Å². The van der Waals surface area contributed by atoms with Crippen molar-refractivity contribution in [2.75, 3.05) is 0 Å². The van der Waals surface area contributed by atoms with Gasteiger partial charge in [-0.3, -0.25) is 4.79 Å². The van der Waals surface area contributed by atoms with Crippen LogP contribution in [-0.2, 0) is 0 Å². The van der Waals surface area contributed by atoms with Gasteiger partial charge >= 0.3 is 0 Å². The van der Waals surface area contributed by atoms with Gasteiger partial charge in [-0.15, -0.1) is 0 Å². The molecule has 0 fully saturated rings. The maximum absolute atomic E-state index is 12.7. The molecule has 0 N–H and O–H groups in total. The first-order chi connectivity index (χ1) is 6.02. The van der Waals surface area contributed by atoms with Crippen molar-refractivity contribution in [3.63, 3.8) is 0 Å². The van der Waals surface area contributed by atoms with E-state index < -0.39 is 16.5 Å². The molecule has 0 aliphatic heterocycles. The maximum atomic E-state index is 12.7. The summed E-state index contributed by atoms with van der Waals surface area (Å²) in [4.78, 5) is 10.9. The van der Waals surface area contributed by atoms with Gasteiger partial charge in [-0.25, -0.2) is 8.78 Å². The van der Waals surface area contributed by atoms with Crippen LogP contribution in [0.5, 0.6) is 0 Å². The van der Waals surface area contributed by atoms with Gasteiger partial charge in [-0.2, -0.15) is 0 Å². The highest BCUT2D eigenvalue weighted by atomic mass is 79.9. The smallest absolute Gasteiger partial charge is 0.176 e. The molecule has 0 amide bonds. The molecular weight excluding hydrogens is 242 g/mol. The molecule has 0 radical (unpaired) electrons. The van der Waals surface area contributed by atoms with E-state index in [4.69, 9.17) is 0 Å². The molecule has 1 nitrogen and oxygen atoms in total. The molecule has 0 bridgehead atoms. The molecule has 0 spiro atoms. The summed E-state index contributed by atoms with van der Waals surface area (Å²) in [5.41, 5.74) is 0.170. The first-order valence-corrected chi connectivity index (χ1v) is 4.57.